The highest BCUT2D eigenvalue weighted by Gasteiger charge is 2.59. The van der Waals surface area contributed by atoms with E-state index in [2.05, 4.69) is 6.58 Å². The lowest BCUT2D eigenvalue weighted by Crippen LogP contribution is -2.46. The number of aryl methyl sites for hydroxylation is 2. The topological polar surface area (TPSA) is 120 Å². The summed E-state index contributed by atoms with van der Waals surface area (Å²) in [6, 6.07) is 7.21. The first-order valence-corrected chi connectivity index (χ1v) is 11.9. The van der Waals surface area contributed by atoms with E-state index >= 15 is 0 Å². The molecule has 0 saturated heterocycles. The molecule has 0 bridgehead atoms. The zero-order valence-electron chi connectivity index (χ0n) is 20.9. The van der Waals surface area contributed by atoms with E-state index in [4.69, 9.17) is 33.7 Å². The Bertz CT molecular complexity index is 1590. The second-order valence-electron chi connectivity index (χ2n) is 8.71. The summed E-state index contributed by atoms with van der Waals surface area (Å²) in [5.74, 6) is -3.41. The number of carbonyl (C=O) groups is 1. The predicted molar refractivity (Wildman–Crippen MR) is 142 cm³/mol. The first-order valence-electron chi connectivity index (χ1n) is 11.2. The average molecular weight is 586 g/mol. The van der Waals surface area contributed by atoms with Crippen molar-refractivity contribution in [1.82, 2.24) is 9.13 Å². The molecule has 13 heteroatoms. The smallest absolute Gasteiger partial charge is 0.422 e. The van der Waals surface area contributed by atoms with Gasteiger partial charge in [-0.15, -0.1) is 0 Å². The number of fused-ring (bicyclic) bond motifs is 1. The maximum atomic E-state index is 14.5. The van der Waals surface area contributed by atoms with Crippen LogP contribution in [0, 0.1) is 0 Å². The molecule has 208 valence electrons. The van der Waals surface area contributed by atoms with E-state index in [1.54, 1.807) is 0 Å². The normalized spacial score (nSPS) is 15.2. The third-order valence-electron chi connectivity index (χ3n) is 6.42. The Kier molecular flexibility index (Phi) is 8.30. The average Bonchev–Trinajstić information content (AvgIpc) is 3.08. The van der Waals surface area contributed by atoms with Crippen molar-refractivity contribution in [3.8, 4) is 5.75 Å². The molecule has 0 unspecified atom stereocenters. The van der Waals surface area contributed by atoms with Crippen LogP contribution in [0.3, 0.4) is 0 Å². The van der Waals surface area contributed by atoms with Crippen LogP contribution < -0.4 is 16.2 Å². The van der Waals surface area contributed by atoms with Crippen LogP contribution in [0.25, 0.3) is 11.0 Å². The summed E-state index contributed by atoms with van der Waals surface area (Å²) in [5.41, 5.74) is 1.04. The Morgan fingerprint density at radius 2 is 1.77 bits per heavy atom. The number of aliphatic carboxylic acids is 1. The molecule has 2 atom stereocenters. The number of hydrogen-bond acceptors (Lipinski definition) is 5. The molecule has 0 fully saturated rings. The summed E-state index contributed by atoms with van der Waals surface area (Å²) < 4.78 is 51.4. The molecule has 0 aliphatic heterocycles. The Morgan fingerprint density at radius 3 is 2.31 bits per heavy atom. The second kappa shape index (κ2) is 10.8. The number of aromatic nitrogens is 2. The number of hydrogen-bond donors (Lipinski definition) is 3. The van der Waals surface area contributed by atoms with E-state index in [-0.39, 0.29) is 32.6 Å². The number of benzene rings is 2. The van der Waals surface area contributed by atoms with Gasteiger partial charge in [0.05, 0.1) is 16.1 Å². The van der Waals surface area contributed by atoms with Gasteiger partial charge in [0.15, 0.2) is 5.60 Å². The van der Waals surface area contributed by atoms with Crippen LogP contribution in [0.4, 0.5) is 13.2 Å². The first-order chi connectivity index (χ1) is 18.0. The molecule has 1 heterocycles. The van der Waals surface area contributed by atoms with E-state index in [0.29, 0.717) is 5.52 Å². The fourth-order valence-corrected chi connectivity index (χ4v) is 4.64. The lowest BCUT2D eigenvalue weighted by atomic mass is 9.77. The van der Waals surface area contributed by atoms with Gasteiger partial charge in [-0.05, 0) is 41.5 Å². The number of rotatable bonds is 8. The lowest BCUT2D eigenvalue weighted by molar-refractivity contribution is -0.274. The fourth-order valence-electron chi connectivity index (χ4n) is 4.20. The molecule has 0 amide bonds. The molecule has 1 aromatic heterocycles. The van der Waals surface area contributed by atoms with Gasteiger partial charge in [0.25, 0.3) is 0 Å². The molecule has 3 aromatic rings. The number of ether oxygens (including phenoxy) is 1. The van der Waals surface area contributed by atoms with Gasteiger partial charge in [0, 0.05) is 31.2 Å². The van der Waals surface area contributed by atoms with Crippen LogP contribution in [-0.4, -0.2) is 31.5 Å². The zero-order chi connectivity index (χ0) is 29.4. The molecule has 0 spiro atoms. The number of nitrogens with two attached hydrogens (primary N) is 1. The van der Waals surface area contributed by atoms with Gasteiger partial charge in [0.1, 0.15) is 17.1 Å². The van der Waals surface area contributed by atoms with Crippen LogP contribution in [0.1, 0.15) is 24.0 Å². The minimum absolute atomic E-state index is 0.0304. The number of allylic oxidation sites excluding steroid dienone is 2. The van der Waals surface area contributed by atoms with Crippen molar-refractivity contribution in [3.05, 3.63) is 98.3 Å². The summed E-state index contributed by atoms with van der Waals surface area (Å²) in [6.45, 7) is 4.70. The number of carboxylic acid groups (broad SMARTS) is 1. The van der Waals surface area contributed by atoms with E-state index in [1.807, 2.05) is 0 Å². The summed E-state index contributed by atoms with van der Waals surface area (Å²) in [4.78, 5) is 23.8. The minimum atomic E-state index is -5.14. The molecule has 0 saturated carbocycles. The van der Waals surface area contributed by atoms with E-state index < -0.39 is 40.5 Å². The largest absolute Gasteiger partial charge is 0.478 e. The molecule has 0 radical (unpaired) electrons. The van der Waals surface area contributed by atoms with E-state index in [9.17, 15) is 33.0 Å². The standard InChI is InChI=1S/C26H24Cl2F3N3O5/c1-13(18-7-6-17(11-20(18)28)39-14(2)19(23(35)36)10-16(27)12-32)25(38,26(29,30)31)15-5-8-21-22(9-15)34(4)24(37)33(21)3/h5-13,38H,2,32H2,1,3-4H3,(H,35,36)/b16-12+,19-10+/t13-,25-/m1/s1. The van der Waals surface area contributed by atoms with Crippen LogP contribution in [-0.2, 0) is 24.5 Å². The second-order valence-corrected chi connectivity index (χ2v) is 9.56. The molecule has 8 nitrogen and oxygen atoms in total. The van der Waals surface area contributed by atoms with Gasteiger partial charge >= 0.3 is 17.8 Å². The Hall–Kier alpha value is -3.67. The third kappa shape index (κ3) is 5.42. The van der Waals surface area contributed by atoms with Crippen LogP contribution in [0.5, 0.6) is 5.75 Å². The monoisotopic (exact) mass is 585 g/mol. The third-order valence-corrected chi connectivity index (χ3v) is 6.99. The van der Waals surface area contributed by atoms with Gasteiger partial charge in [-0.3, -0.25) is 9.13 Å². The highest BCUT2D eigenvalue weighted by Crippen LogP contribution is 2.50. The van der Waals surface area contributed by atoms with Crippen molar-refractivity contribution in [3.63, 3.8) is 0 Å². The summed E-state index contributed by atoms with van der Waals surface area (Å²) >= 11 is 12.1. The fraction of sp³-hybridized carbons (Fsp3) is 0.231. The van der Waals surface area contributed by atoms with E-state index in [1.165, 1.54) is 47.5 Å². The molecule has 2 aromatic carbocycles. The maximum Gasteiger partial charge on any atom is 0.422 e. The molecule has 3 rings (SSSR count). The van der Waals surface area contributed by atoms with Crippen molar-refractivity contribution < 1.29 is 32.9 Å². The van der Waals surface area contributed by atoms with Crippen LogP contribution >= 0.6 is 23.2 Å². The first kappa shape index (κ1) is 29.9. The van der Waals surface area contributed by atoms with Gasteiger partial charge in [-0.25, -0.2) is 9.59 Å². The lowest BCUT2D eigenvalue weighted by Gasteiger charge is -2.37. The molecule has 0 aliphatic carbocycles. The van der Waals surface area contributed by atoms with Gasteiger partial charge < -0.3 is 20.7 Å². The number of imidazole rings is 1. The molecular formula is C26H24Cl2F3N3O5. The molecule has 4 N–H and O–H groups in total. The van der Waals surface area contributed by atoms with Crippen molar-refractivity contribution in [2.75, 3.05) is 0 Å². The predicted octanol–water partition coefficient (Wildman–Crippen LogP) is 5.03. The summed E-state index contributed by atoms with van der Waals surface area (Å²) in [5, 5.41) is 20.3. The Balaban J connectivity index is 2.04. The number of nitrogens with zero attached hydrogens (tertiary/aromatic N) is 2. The van der Waals surface area contributed by atoms with Gasteiger partial charge in [0.2, 0.25) is 0 Å². The van der Waals surface area contributed by atoms with Crippen LogP contribution in [0.15, 0.2) is 76.4 Å². The maximum absolute atomic E-state index is 14.5. The van der Waals surface area contributed by atoms with Crippen molar-refractivity contribution >= 4 is 40.2 Å². The minimum Gasteiger partial charge on any atom is -0.478 e. The molecule has 39 heavy (non-hydrogen) atoms. The number of aliphatic hydroxyl groups is 1. The summed E-state index contributed by atoms with van der Waals surface area (Å²) in [7, 11) is 2.90. The quantitative estimate of drug-likeness (QED) is 0.194. The number of carboxylic acids is 1. The van der Waals surface area contributed by atoms with Crippen molar-refractivity contribution in [1.29, 1.82) is 0 Å². The Labute approximate surface area is 230 Å². The van der Waals surface area contributed by atoms with Gasteiger partial charge in [-0.1, -0.05) is 48.8 Å². The molecule has 0 aliphatic rings. The van der Waals surface area contributed by atoms with Crippen molar-refractivity contribution in [2.45, 2.75) is 24.6 Å². The number of alkyl halides is 3. The highest BCUT2D eigenvalue weighted by molar-refractivity contribution is 6.32. The highest BCUT2D eigenvalue weighted by atomic mass is 35.5. The summed E-state index contributed by atoms with van der Waals surface area (Å²) in [6.07, 6.45) is -3.17. The van der Waals surface area contributed by atoms with E-state index in [0.717, 1.165) is 31.3 Å². The molecular weight excluding hydrogens is 562 g/mol. The SMILES string of the molecule is C=C(Oc1ccc([C@@H](C)[C@@](O)(c2ccc3c(c2)n(C)c(=O)n3C)C(F)(F)F)c(Cl)c1)/C(=C\C(Cl)=C/N)C(=O)O. The van der Waals surface area contributed by atoms with Crippen molar-refractivity contribution in [2.24, 2.45) is 19.8 Å². The number of halogens is 5. The zero-order valence-corrected chi connectivity index (χ0v) is 22.4. The van der Waals surface area contributed by atoms with Crippen LogP contribution in [0.2, 0.25) is 5.02 Å². The van der Waals surface area contributed by atoms with Gasteiger partial charge in [-0.2, -0.15) is 13.2 Å². The Morgan fingerprint density at radius 1 is 1.15 bits per heavy atom.